The SMILES string of the molecule is C[C@H](CCN(CCCCN)Cc1ccccc1)NC(=O)O. The van der Waals surface area contributed by atoms with Crippen molar-refractivity contribution in [3.63, 3.8) is 0 Å². The molecular weight excluding hydrogens is 266 g/mol. The van der Waals surface area contributed by atoms with Gasteiger partial charge in [-0.3, -0.25) is 4.90 Å². The number of carboxylic acid groups (broad SMARTS) is 1. The summed E-state index contributed by atoms with van der Waals surface area (Å²) in [5.74, 6) is 0. The molecule has 118 valence electrons. The summed E-state index contributed by atoms with van der Waals surface area (Å²) in [5.41, 5.74) is 6.83. The van der Waals surface area contributed by atoms with E-state index in [9.17, 15) is 4.79 Å². The van der Waals surface area contributed by atoms with Crippen molar-refractivity contribution in [1.82, 2.24) is 10.2 Å². The highest BCUT2D eigenvalue weighted by Gasteiger charge is 2.10. The smallest absolute Gasteiger partial charge is 0.404 e. The van der Waals surface area contributed by atoms with Crippen LogP contribution >= 0.6 is 0 Å². The van der Waals surface area contributed by atoms with Crippen LogP contribution in [0, 0.1) is 0 Å². The Kier molecular flexibility index (Phi) is 8.47. The van der Waals surface area contributed by atoms with E-state index in [1.165, 1.54) is 5.56 Å². The molecule has 0 aliphatic rings. The van der Waals surface area contributed by atoms with Crippen molar-refractivity contribution >= 4 is 6.09 Å². The van der Waals surface area contributed by atoms with Crippen LogP contribution in [0.25, 0.3) is 0 Å². The van der Waals surface area contributed by atoms with Crippen LogP contribution in [0.1, 0.15) is 31.7 Å². The van der Waals surface area contributed by atoms with E-state index in [-0.39, 0.29) is 6.04 Å². The third-order valence-electron chi connectivity index (χ3n) is 3.43. The molecule has 0 fully saturated rings. The highest BCUT2D eigenvalue weighted by Crippen LogP contribution is 2.07. The van der Waals surface area contributed by atoms with Gasteiger partial charge in [0.05, 0.1) is 0 Å². The van der Waals surface area contributed by atoms with Gasteiger partial charge in [0, 0.05) is 19.1 Å². The van der Waals surface area contributed by atoms with Gasteiger partial charge in [0.1, 0.15) is 0 Å². The number of nitrogens with two attached hydrogens (primary N) is 1. The number of nitrogens with zero attached hydrogens (tertiary/aromatic N) is 1. The van der Waals surface area contributed by atoms with E-state index in [2.05, 4.69) is 22.3 Å². The van der Waals surface area contributed by atoms with Crippen LogP contribution in [0.15, 0.2) is 30.3 Å². The monoisotopic (exact) mass is 293 g/mol. The average molecular weight is 293 g/mol. The molecule has 1 aromatic carbocycles. The van der Waals surface area contributed by atoms with Crippen LogP contribution in [0.2, 0.25) is 0 Å². The number of hydrogen-bond acceptors (Lipinski definition) is 3. The van der Waals surface area contributed by atoms with Crippen LogP contribution < -0.4 is 11.1 Å². The summed E-state index contributed by atoms with van der Waals surface area (Å²) in [6, 6.07) is 10.3. The van der Waals surface area contributed by atoms with Gasteiger partial charge in [0.15, 0.2) is 0 Å². The van der Waals surface area contributed by atoms with E-state index >= 15 is 0 Å². The maximum Gasteiger partial charge on any atom is 0.404 e. The van der Waals surface area contributed by atoms with Gasteiger partial charge in [-0.2, -0.15) is 0 Å². The highest BCUT2D eigenvalue weighted by atomic mass is 16.4. The van der Waals surface area contributed by atoms with E-state index in [1.807, 2.05) is 25.1 Å². The van der Waals surface area contributed by atoms with Crippen molar-refractivity contribution in [3.8, 4) is 0 Å². The first-order valence-electron chi connectivity index (χ1n) is 7.57. The third-order valence-corrected chi connectivity index (χ3v) is 3.43. The van der Waals surface area contributed by atoms with Crippen LogP contribution in [-0.4, -0.2) is 41.8 Å². The topological polar surface area (TPSA) is 78.6 Å². The van der Waals surface area contributed by atoms with E-state index in [0.29, 0.717) is 0 Å². The lowest BCUT2D eigenvalue weighted by Crippen LogP contribution is -2.35. The number of unbranched alkanes of at least 4 members (excludes halogenated alkanes) is 1. The third kappa shape index (κ3) is 8.32. The maximum absolute atomic E-state index is 10.6. The van der Waals surface area contributed by atoms with Crippen molar-refractivity contribution in [2.45, 2.75) is 38.8 Å². The van der Waals surface area contributed by atoms with Gasteiger partial charge in [-0.15, -0.1) is 0 Å². The van der Waals surface area contributed by atoms with Crippen LogP contribution in [0.3, 0.4) is 0 Å². The number of carbonyl (C=O) groups is 1. The molecule has 0 aliphatic heterocycles. The lowest BCUT2D eigenvalue weighted by atomic mass is 10.1. The molecule has 21 heavy (non-hydrogen) atoms. The molecule has 5 heteroatoms. The molecule has 0 aromatic heterocycles. The van der Waals surface area contributed by atoms with Gasteiger partial charge >= 0.3 is 6.09 Å². The first-order chi connectivity index (χ1) is 10.1. The molecule has 0 aliphatic carbocycles. The number of hydrogen-bond donors (Lipinski definition) is 3. The van der Waals surface area contributed by atoms with Gasteiger partial charge in [0.25, 0.3) is 0 Å². The standard InChI is InChI=1S/C16H27N3O2/c1-14(18-16(20)21)9-12-19(11-6-5-10-17)13-15-7-3-2-4-8-15/h2-4,7-8,14,18H,5-6,9-13,17H2,1H3,(H,20,21)/t14-/m1/s1. The molecular formula is C16H27N3O2. The minimum Gasteiger partial charge on any atom is -0.465 e. The minimum atomic E-state index is -0.958. The van der Waals surface area contributed by atoms with Gasteiger partial charge in [-0.1, -0.05) is 30.3 Å². The van der Waals surface area contributed by atoms with E-state index in [1.54, 1.807) is 0 Å². The minimum absolute atomic E-state index is 0.0321. The molecule has 0 heterocycles. The Morgan fingerprint density at radius 3 is 2.62 bits per heavy atom. The fourth-order valence-electron chi connectivity index (χ4n) is 2.25. The molecule has 0 saturated heterocycles. The highest BCUT2D eigenvalue weighted by molar-refractivity contribution is 5.64. The van der Waals surface area contributed by atoms with Crippen molar-refractivity contribution in [3.05, 3.63) is 35.9 Å². The lowest BCUT2D eigenvalue weighted by molar-refractivity contribution is 0.187. The zero-order valence-electron chi connectivity index (χ0n) is 12.8. The molecule has 1 atom stereocenters. The Balaban J connectivity index is 2.45. The Morgan fingerprint density at radius 2 is 2.00 bits per heavy atom. The zero-order chi connectivity index (χ0) is 15.5. The quantitative estimate of drug-likeness (QED) is 0.578. The fourth-order valence-corrected chi connectivity index (χ4v) is 2.25. The Bertz CT molecular complexity index is 398. The number of nitrogens with one attached hydrogen (secondary N) is 1. The molecule has 0 saturated carbocycles. The van der Waals surface area contributed by atoms with Crippen molar-refractivity contribution < 1.29 is 9.90 Å². The molecule has 0 bridgehead atoms. The molecule has 1 aromatic rings. The second-order valence-electron chi connectivity index (χ2n) is 5.40. The van der Waals surface area contributed by atoms with Crippen LogP contribution in [-0.2, 0) is 6.54 Å². The summed E-state index contributed by atoms with van der Waals surface area (Å²) in [7, 11) is 0. The molecule has 4 N–H and O–H groups in total. The molecule has 1 rings (SSSR count). The predicted molar refractivity (Wildman–Crippen MR) is 85.2 cm³/mol. The Labute approximate surface area is 127 Å². The molecule has 0 spiro atoms. The average Bonchev–Trinajstić information content (AvgIpc) is 2.45. The normalized spacial score (nSPS) is 12.3. The first kappa shape index (κ1) is 17.5. The number of rotatable bonds is 10. The van der Waals surface area contributed by atoms with Gasteiger partial charge in [0.2, 0.25) is 0 Å². The molecule has 0 unspecified atom stereocenters. The maximum atomic E-state index is 10.6. The summed E-state index contributed by atoms with van der Waals surface area (Å²) in [6.07, 6.45) is 1.94. The van der Waals surface area contributed by atoms with Crippen molar-refractivity contribution in [2.75, 3.05) is 19.6 Å². The summed E-state index contributed by atoms with van der Waals surface area (Å²) in [4.78, 5) is 13.0. The van der Waals surface area contributed by atoms with E-state index in [4.69, 9.17) is 10.8 Å². The van der Waals surface area contributed by atoms with Gasteiger partial charge in [-0.05, 0) is 44.8 Å². The Hall–Kier alpha value is -1.59. The van der Waals surface area contributed by atoms with Crippen LogP contribution in [0.5, 0.6) is 0 Å². The number of benzene rings is 1. The summed E-state index contributed by atoms with van der Waals surface area (Å²) in [6.45, 7) is 5.38. The summed E-state index contributed by atoms with van der Waals surface area (Å²) < 4.78 is 0. The second-order valence-corrected chi connectivity index (χ2v) is 5.40. The Morgan fingerprint density at radius 1 is 1.29 bits per heavy atom. The van der Waals surface area contributed by atoms with Crippen LogP contribution in [0.4, 0.5) is 4.79 Å². The van der Waals surface area contributed by atoms with Crippen molar-refractivity contribution in [2.24, 2.45) is 5.73 Å². The van der Waals surface area contributed by atoms with E-state index < -0.39 is 6.09 Å². The van der Waals surface area contributed by atoms with Gasteiger partial charge < -0.3 is 16.2 Å². The lowest BCUT2D eigenvalue weighted by Gasteiger charge is -2.24. The zero-order valence-corrected chi connectivity index (χ0v) is 12.8. The second kappa shape index (κ2) is 10.2. The largest absolute Gasteiger partial charge is 0.465 e. The summed E-state index contributed by atoms with van der Waals surface area (Å²) >= 11 is 0. The first-order valence-corrected chi connectivity index (χ1v) is 7.57. The summed E-state index contributed by atoms with van der Waals surface area (Å²) in [5, 5.41) is 11.2. The molecule has 5 nitrogen and oxygen atoms in total. The van der Waals surface area contributed by atoms with E-state index in [0.717, 1.165) is 45.4 Å². The number of amides is 1. The molecule has 0 radical (unpaired) electrons. The predicted octanol–water partition coefficient (Wildman–Crippen LogP) is 2.27. The van der Waals surface area contributed by atoms with Crippen molar-refractivity contribution in [1.29, 1.82) is 0 Å². The molecule has 1 amide bonds. The van der Waals surface area contributed by atoms with Gasteiger partial charge in [-0.25, -0.2) is 4.79 Å². The fraction of sp³-hybridized carbons (Fsp3) is 0.562.